The van der Waals surface area contributed by atoms with Crippen LogP contribution in [0.5, 0.6) is 0 Å². The largest absolute Gasteiger partial charge is 0.416 e. The molecule has 1 fully saturated rings. The van der Waals surface area contributed by atoms with Crippen molar-refractivity contribution in [2.45, 2.75) is 43.7 Å². The third kappa shape index (κ3) is 6.10. The van der Waals surface area contributed by atoms with Crippen molar-refractivity contribution in [1.82, 2.24) is 15.5 Å². The lowest BCUT2D eigenvalue weighted by Gasteiger charge is -2.43. The molecule has 2 aliphatic rings. The molecule has 12 heteroatoms. The third-order valence-corrected chi connectivity index (χ3v) is 6.69. The zero-order chi connectivity index (χ0) is 24.7. The van der Waals surface area contributed by atoms with E-state index < -0.39 is 41.0 Å². The second-order valence-corrected chi connectivity index (χ2v) is 8.93. The van der Waals surface area contributed by atoms with Gasteiger partial charge in [-0.2, -0.15) is 26.3 Å². The Morgan fingerprint density at radius 1 is 0.917 bits per heavy atom. The first-order chi connectivity index (χ1) is 15.9. The molecular formula is C24H27Cl2F6N3O. The van der Waals surface area contributed by atoms with Gasteiger partial charge in [0.25, 0.3) is 0 Å². The number of rotatable bonds is 4. The second-order valence-electron chi connectivity index (χ2n) is 8.93. The van der Waals surface area contributed by atoms with Gasteiger partial charge >= 0.3 is 12.4 Å². The van der Waals surface area contributed by atoms with Gasteiger partial charge in [-0.05, 0) is 41.8 Å². The molecule has 1 aliphatic heterocycles. The number of halogens is 8. The fourth-order valence-electron chi connectivity index (χ4n) is 4.86. The number of carbonyl (C=O) groups excluding carboxylic acids is 1. The molecule has 1 saturated heterocycles. The predicted molar refractivity (Wildman–Crippen MR) is 129 cm³/mol. The van der Waals surface area contributed by atoms with Crippen molar-refractivity contribution in [2.24, 2.45) is 0 Å². The van der Waals surface area contributed by atoms with E-state index in [1.807, 2.05) is 24.3 Å². The molecule has 1 atom stereocenters. The SMILES string of the molecule is C[C@H](NC(=O)C1(N2CCNCC2)Cc2ccccc2C1)c1cc(C(F)(F)F)cc(C(F)(F)F)c1.Cl.Cl. The van der Waals surface area contributed by atoms with Gasteiger partial charge in [-0.3, -0.25) is 9.69 Å². The van der Waals surface area contributed by atoms with Crippen molar-refractivity contribution in [1.29, 1.82) is 0 Å². The van der Waals surface area contributed by atoms with Crippen molar-refractivity contribution >= 4 is 30.7 Å². The number of hydrogen-bond donors (Lipinski definition) is 2. The summed E-state index contributed by atoms with van der Waals surface area (Å²) in [5.74, 6) is -0.399. The monoisotopic (exact) mass is 557 g/mol. The molecule has 0 saturated carbocycles. The minimum atomic E-state index is -4.95. The van der Waals surface area contributed by atoms with E-state index in [0.717, 1.165) is 11.1 Å². The Bertz CT molecular complexity index is 1010. The number of nitrogens with zero attached hydrogens (tertiary/aromatic N) is 1. The van der Waals surface area contributed by atoms with Crippen LogP contribution in [0.3, 0.4) is 0 Å². The Labute approximate surface area is 217 Å². The number of nitrogens with one attached hydrogen (secondary N) is 2. The van der Waals surface area contributed by atoms with Gasteiger partial charge in [0.1, 0.15) is 5.54 Å². The van der Waals surface area contributed by atoms with Crippen LogP contribution >= 0.6 is 24.8 Å². The van der Waals surface area contributed by atoms with Crippen molar-refractivity contribution in [3.63, 3.8) is 0 Å². The maximum absolute atomic E-state index is 13.7. The molecule has 0 aromatic heterocycles. The summed E-state index contributed by atoms with van der Waals surface area (Å²) in [6.45, 7) is 3.99. The molecule has 2 aromatic rings. The Balaban J connectivity index is 0.00000228. The molecule has 4 nitrogen and oxygen atoms in total. The summed E-state index contributed by atoms with van der Waals surface area (Å²) in [5, 5.41) is 5.97. The van der Waals surface area contributed by atoms with Crippen LogP contribution in [0, 0.1) is 0 Å². The first kappa shape index (κ1) is 30.2. The summed E-state index contributed by atoms with van der Waals surface area (Å²) in [6.07, 6.45) is -9.04. The van der Waals surface area contributed by atoms with Crippen LogP contribution < -0.4 is 10.6 Å². The van der Waals surface area contributed by atoms with Gasteiger partial charge in [0, 0.05) is 39.0 Å². The minimum absolute atomic E-state index is 0. The molecule has 2 N–H and O–H groups in total. The summed E-state index contributed by atoms with van der Waals surface area (Å²) in [5.41, 5.74) is -1.97. The lowest BCUT2D eigenvalue weighted by atomic mass is 9.90. The highest BCUT2D eigenvalue weighted by Gasteiger charge is 2.49. The molecule has 36 heavy (non-hydrogen) atoms. The van der Waals surface area contributed by atoms with E-state index >= 15 is 0 Å². The smallest absolute Gasteiger partial charge is 0.348 e. The molecule has 2 aromatic carbocycles. The molecular weight excluding hydrogens is 531 g/mol. The standard InChI is InChI=1S/C24H25F6N3O.2ClH/c1-15(18-10-19(23(25,26)27)12-20(11-18)24(28,29)30)32-21(34)22(33-8-6-31-7-9-33)13-16-4-2-3-5-17(16)14-22;;/h2-5,10-12,15,31H,6-9,13-14H2,1H3,(H,32,34);2*1H/t15-;;/m0../s1. The Morgan fingerprint density at radius 3 is 1.83 bits per heavy atom. The first-order valence-corrected chi connectivity index (χ1v) is 11.0. The zero-order valence-corrected chi connectivity index (χ0v) is 20.9. The summed E-state index contributed by atoms with van der Waals surface area (Å²) < 4.78 is 79.8. The summed E-state index contributed by atoms with van der Waals surface area (Å²) in [4.78, 5) is 15.7. The molecule has 1 heterocycles. The lowest BCUT2D eigenvalue weighted by Crippen LogP contribution is -2.64. The van der Waals surface area contributed by atoms with Gasteiger partial charge in [0.05, 0.1) is 17.2 Å². The van der Waals surface area contributed by atoms with E-state index in [1.54, 1.807) is 0 Å². The number of benzene rings is 2. The maximum atomic E-state index is 13.7. The molecule has 0 spiro atoms. The van der Waals surface area contributed by atoms with Crippen LogP contribution in [0.25, 0.3) is 0 Å². The highest BCUT2D eigenvalue weighted by molar-refractivity contribution is 5.88. The normalized spacial score (nSPS) is 18.4. The topological polar surface area (TPSA) is 44.4 Å². The van der Waals surface area contributed by atoms with E-state index in [2.05, 4.69) is 15.5 Å². The predicted octanol–water partition coefficient (Wildman–Crippen LogP) is 5.19. The Kier molecular flexibility index (Phi) is 9.37. The number of piperazine rings is 1. The average Bonchev–Trinajstić information content (AvgIpc) is 3.19. The number of hydrogen-bond acceptors (Lipinski definition) is 3. The van der Waals surface area contributed by atoms with E-state index in [-0.39, 0.29) is 36.4 Å². The molecule has 4 rings (SSSR count). The number of fused-ring (bicyclic) bond motifs is 1. The Morgan fingerprint density at radius 2 is 1.39 bits per heavy atom. The molecule has 1 amide bonds. The van der Waals surface area contributed by atoms with Crippen molar-refractivity contribution < 1.29 is 31.1 Å². The van der Waals surface area contributed by atoms with E-state index in [0.29, 0.717) is 51.2 Å². The minimum Gasteiger partial charge on any atom is -0.348 e. The van der Waals surface area contributed by atoms with Crippen LogP contribution in [0.15, 0.2) is 42.5 Å². The maximum Gasteiger partial charge on any atom is 0.416 e. The van der Waals surface area contributed by atoms with Crippen LogP contribution in [0.1, 0.15) is 40.8 Å². The zero-order valence-electron chi connectivity index (χ0n) is 19.3. The summed E-state index contributed by atoms with van der Waals surface area (Å²) in [7, 11) is 0. The van der Waals surface area contributed by atoms with E-state index in [4.69, 9.17) is 0 Å². The number of amides is 1. The van der Waals surface area contributed by atoms with Gasteiger partial charge in [0.2, 0.25) is 5.91 Å². The molecule has 200 valence electrons. The van der Waals surface area contributed by atoms with Gasteiger partial charge in [0.15, 0.2) is 0 Å². The van der Waals surface area contributed by atoms with Crippen LogP contribution in [0.2, 0.25) is 0 Å². The summed E-state index contributed by atoms with van der Waals surface area (Å²) >= 11 is 0. The lowest BCUT2D eigenvalue weighted by molar-refractivity contribution is -0.143. The van der Waals surface area contributed by atoms with Gasteiger partial charge in [-0.25, -0.2) is 0 Å². The highest BCUT2D eigenvalue weighted by Crippen LogP contribution is 2.39. The van der Waals surface area contributed by atoms with Crippen LogP contribution in [-0.2, 0) is 30.0 Å². The molecule has 0 radical (unpaired) electrons. The van der Waals surface area contributed by atoms with Gasteiger partial charge < -0.3 is 10.6 Å². The van der Waals surface area contributed by atoms with Crippen LogP contribution in [0.4, 0.5) is 26.3 Å². The highest BCUT2D eigenvalue weighted by atomic mass is 35.5. The van der Waals surface area contributed by atoms with Crippen molar-refractivity contribution in [3.05, 3.63) is 70.3 Å². The quantitative estimate of drug-likeness (QED) is 0.509. The fraction of sp³-hybridized carbons (Fsp3) is 0.458. The first-order valence-electron chi connectivity index (χ1n) is 11.0. The average molecular weight is 558 g/mol. The molecule has 0 bridgehead atoms. The number of alkyl halides is 6. The van der Waals surface area contributed by atoms with Crippen LogP contribution in [-0.4, -0.2) is 42.5 Å². The van der Waals surface area contributed by atoms with E-state index in [9.17, 15) is 31.1 Å². The van der Waals surface area contributed by atoms with Crippen molar-refractivity contribution in [2.75, 3.05) is 26.2 Å². The second kappa shape index (κ2) is 11.2. The van der Waals surface area contributed by atoms with Gasteiger partial charge in [-0.1, -0.05) is 24.3 Å². The molecule has 0 unspecified atom stereocenters. The Hall–Kier alpha value is -2.01. The van der Waals surface area contributed by atoms with E-state index in [1.165, 1.54) is 6.92 Å². The summed E-state index contributed by atoms with van der Waals surface area (Å²) in [6, 6.07) is 8.02. The molecule has 1 aliphatic carbocycles. The van der Waals surface area contributed by atoms with Crippen molar-refractivity contribution in [3.8, 4) is 0 Å². The number of carbonyl (C=O) groups is 1. The van der Waals surface area contributed by atoms with Gasteiger partial charge in [-0.15, -0.1) is 24.8 Å². The third-order valence-electron chi connectivity index (χ3n) is 6.69. The fourth-order valence-corrected chi connectivity index (χ4v) is 4.86.